The van der Waals surface area contributed by atoms with Crippen LogP contribution in [0.4, 0.5) is 4.79 Å². The second kappa shape index (κ2) is 7.61. The van der Waals surface area contributed by atoms with Crippen molar-refractivity contribution in [2.45, 2.75) is 19.0 Å². The second-order valence-corrected chi connectivity index (χ2v) is 5.27. The van der Waals surface area contributed by atoms with E-state index in [9.17, 15) is 9.90 Å². The molecule has 1 N–H and O–H groups in total. The van der Waals surface area contributed by atoms with Crippen LogP contribution in [0.5, 0.6) is 0 Å². The lowest BCUT2D eigenvalue weighted by atomic mass is 10.1. The summed E-state index contributed by atoms with van der Waals surface area (Å²) >= 11 is 6.00. The zero-order valence-electron chi connectivity index (χ0n) is 12.0. The van der Waals surface area contributed by atoms with Gasteiger partial charge in [-0.15, -0.1) is 6.58 Å². The Kier molecular flexibility index (Phi) is 5.55. The number of halogens is 1. The third kappa shape index (κ3) is 4.09. The van der Waals surface area contributed by atoms with E-state index in [1.807, 2.05) is 30.3 Å². The van der Waals surface area contributed by atoms with Crippen LogP contribution in [0.15, 0.2) is 61.3 Å². The first-order valence-corrected chi connectivity index (χ1v) is 7.25. The van der Waals surface area contributed by atoms with Gasteiger partial charge in [0.25, 0.3) is 0 Å². The lowest BCUT2D eigenvalue weighted by Gasteiger charge is -2.28. The zero-order valence-corrected chi connectivity index (χ0v) is 12.8. The van der Waals surface area contributed by atoms with Crippen LogP contribution in [0.1, 0.15) is 23.7 Å². The maximum atomic E-state index is 11.7. The van der Waals surface area contributed by atoms with Crippen molar-refractivity contribution in [3.05, 3.63) is 77.6 Å². The van der Waals surface area contributed by atoms with Crippen LogP contribution in [0.25, 0.3) is 0 Å². The van der Waals surface area contributed by atoms with E-state index in [-0.39, 0.29) is 6.54 Å². The Hall–Kier alpha value is -2.33. The number of hydrogen-bond donors (Lipinski definition) is 1. The number of rotatable bonds is 6. The molecule has 1 amide bonds. The molecule has 0 saturated carbocycles. The van der Waals surface area contributed by atoms with E-state index >= 15 is 0 Å². The van der Waals surface area contributed by atoms with Crippen LogP contribution < -0.4 is 0 Å². The molecule has 2 aromatic rings. The summed E-state index contributed by atoms with van der Waals surface area (Å²) in [4.78, 5) is 17.3. The van der Waals surface area contributed by atoms with E-state index in [0.29, 0.717) is 17.1 Å². The fourth-order valence-corrected chi connectivity index (χ4v) is 2.43. The van der Waals surface area contributed by atoms with Crippen LogP contribution in [-0.4, -0.2) is 21.1 Å². The first kappa shape index (κ1) is 16.0. The molecule has 0 aliphatic carbocycles. The Morgan fingerprint density at radius 2 is 2.09 bits per heavy atom. The van der Waals surface area contributed by atoms with Crippen molar-refractivity contribution in [3.8, 4) is 0 Å². The van der Waals surface area contributed by atoms with Crippen LogP contribution in [0, 0.1) is 0 Å². The third-order valence-corrected chi connectivity index (χ3v) is 3.53. The first-order valence-electron chi connectivity index (χ1n) is 6.87. The lowest BCUT2D eigenvalue weighted by Crippen LogP contribution is -2.33. The number of nitrogens with zero attached hydrogens (tertiary/aromatic N) is 2. The highest BCUT2D eigenvalue weighted by molar-refractivity contribution is 6.30. The van der Waals surface area contributed by atoms with Crippen molar-refractivity contribution >= 4 is 17.7 Å². The highest BCUT2D eigenvalue weighted by Gasteiger charge is 2.25. The van der Waals surface area contributed by atoms with E-state index in [0.717, 1.165) is 5.56 Å². The van der Waals surface area contributed by atoms with E-state index in [1.165, 1.54) is 4.90 Å². The Bertz CT molecular complexity index is 646. The molecule has 2 rings (SSSR count). The molecule has 1 aromatic heterocycles. The molecule has 0 aliphatic rings. The van der Waals surface area contributed by atoms with Crippen molar-refractivity contribution in [1.29, 1.82) is 0 Å². The Morgan fingerprint density at radius 1 is 1.36 bits per heavy atom. The van der Waals surface area contributed by atoms with Crippen LogP contribution in [0.2, 0.25) is 5.02 Å². The molecule has 0 saturated heterocycles. The molecular formula is C17H17ClN2O2. The summed E-state index contributed by atoms with van der Waals surface area (Å²) in [7, 11) is 0. The molecule has 114 valence electrons. The number of pyridine rings is 1. The van der Waals surface area contributed by atoms with Crippen molar-refractivity contribution < 1.29 is 9.90 Å². The van der Waals surface area contributed by atoms with Gasteiger partial charge in [-0.05, 0) is 24.1 Å². The Labute approximate surface area is 134 Å². The SMILES string of the molecule is C=CC[C@@H](c1cc(Cl)ccn1)N(Cc1ccccc1)C(=O)O. The summed E-state index contributed by atoms with van der Waals surface area (Å²) in [6.07, 6.45) is 2.73. The minimum atomic E-state index is -1.00. The summed E-state index contributed by atoms with van der Waals surface area (Å²) in [5.41, 5.74) is 1.53. The summed E-state index contributed by atoms with van der Waals surface area (Å²) in [5.74, 6) is 0. The average molecular weight is 317 g/mol. The molecule has 1 aromatic carbocycles. The number of aromatic nitrogens is 1. The van der Waals surface area contributed by atoms with Gasteiger partial charge in [0.15, 0.2) is 0 Å². The monoisotopic (exact) mass is 316 g/mol. The average Bonchev–Trinajstić information content (AvgIpc) is 2.51. The first-order chi connectivity index (χ1) is 10.6. The van der Waals surface area contributed by atoms with E-state index in [1.54, 1.807) is 24.4 Å². The standard InChI is InChI=1S/C17H17ClN2O2/c1-2-6-16(15-11-14(18)9-10-19-15)20(17(21)22)12-13-7-4-3-5-8-13/h2-5,7-11,16H,1,6,12H2,(H,21,22)/t16-/m0/s1. The maximum absolute atomic E-state index is 11.7. The smallest absolute Gasteiger partial charge is 0.408 e. The van der Waals surface area contributed by atoms with Gasteiger partial charge in [0.2, 0.25) is 0 Å². The Balaban J connectivity index is 2.33. The molecule has 0 bridgehead atoms. The molecule has 22 heavy (non-hydrogen) atoms. The number of carboxylic acid groups (broad SMARTS) is 1. The third-order valence-electron chi connectivity index (χ3n) is 3.29. The maximum Gasteiger partial charge on any atom is 0.408 e. The highest BCUT2D eigenvalue weighted by Crippen LogP contribution is 2.27. The van der Waals surface area contributed by atoms with Gasteiger partial charge in [-0.25, -0.2) is 4.79 Å². The van der Waals surface area contributed by atoms with E-state index in [4.69, 9.17) is 11.6 Å². The summed E-state index contributed by atoms with van der Waals surface area (Å²) in [6.45, 7) is 4.00. The summed E-state index contributed by atoms with van der Waals surface area (Å²) in [5, 5.41) is 10.1. The van der Waals surface area contributed by atoms with Gasteiger partial charge in [-0.2, -0.15) is 0 Å². The topological polar surface area (TPSA) is 53.4 Å². The normalized spacial score (nSPS) is 11.7. The van der Waals surface area contributed by atoms with Crippen molar-refractivity contribution in [3.63, 3.8) is 0 Å². The molecule has 0 radical (unpaired) electrons. The fourth-order valence-electron chi connectivity index (χ4n) is 2.26. The zero-order chi connectivity index (χ0) is 15.9. The molecule has 0 aliphatic heterocycles. The fraction of sp³-hybridized carbons (Fsp3) is 0.176. The highest BCUT2D eigenvalue weighted by atomic mass is 35.5. The molecule has 0 unspecified atom stereocenters. The molecule has 1 heterocycles. The minimum Gasteiger partial charge on any atom is -0.465 e. The van der Waals surface area contributed by atoms with Gasteiger partial charge in [0.05, 0.1) is 11.7 Å². The Morgan fingerprint density at radius 3 is 2.68 bits per heavy atom. The van der Waals surface area contributed by atoms with Crippen LogP contribution >= 0.6 is 11.6 Å². The molecule has 1 atom stereocenters. The molecule has 5 heteroatoms. The van der Waals surface area contributed by atoms with Crippen molar-refractivity contribution in [1.82, 2.24) is 9.88 Å². The van der Waals surface area contributed by atoms with Gasteiger partial charge in [0.1, 0.15) is 0 Å². The summed E-state index contributed by atoms with van der Waals surface area (Å²) < 4.78 is 0. The number of benzene rings is 1. The quantitative estimate of drug-likeness (QED) is 0.796. The molecule has 4 nitrogen and oxygen atoms in total. The van der Waals surface area contributed by atoms with Gasteiger partial charge in [0, 0.05) is 17.8 Å². The summed E-state index contributed by atoms with van der Waals surface area (Å²) in [6, 6.07) is 12.4. The predicted octanol–water partition coefficient (Wildman–Crippen LogP) is 4.53. The van der Waals surface area contributed by atoms with Gasteiger partial charge < -0.3 is 5.11 Å². The lowest BCUT2D eigenvalue weighted by molar-refractivity contribution is 0.119. The minimum absolute atomic E-state index is 0.281. The van der Waals surface area contributed by atoms with E-state index in [2.05, 4.69) is 11.6 Å². The predicted molar refractivity (Wildman–Crippen MR) is 86.8 cm³/mol. The van der Waals surface area contributed by atoms with Gasteiger partial charge >= 0.3 is 6.09 Å². The van der Waals surface area contributed by atoms with E-state index < -0.39 is 12.1 Å². The van der Waals surface area contributed by atoms with Gasteiger partial charge in [-0.1, -0.05) is 48.0 Å². The van der Waals surface area contributed by atoms with Crippen LogP contribution in [-0.2, 0) is 6.54 Å². The van der Waals surface area contributed by atoms with Crippen molar-refractivity contribution in [2.24, 2.45) is 0 Å². The number of amides is 1. The second-order valence-electron chi connectivity index (χ2n) is 4.84. The molecule has 0 fully saturated rings. The number of hydrogen-bond acceptors (Lipinski definition) is 2. The van der Waals surface area contributed by atoms with Gasteiger partial charge in [-0.3, -0.25) is 9.88 Å². The van der Waals surface area contributed by atoms with Crippen LogP contribution in [0.3, 0.4) is 0 Å². The number of carbonyl (C=O) groups is 1. The molecule has 0 spiro atoms. The van der Waals surface area contributed by atoms with Crippen molar-refractivity contribution in [2.75, 3.05) is 0 Å². The molecular weight excluding hydrogens is 300 g/mol. The largest absolute Gasteiger partial charge is 0.465 e.